The van der Waals surface area contributed by atoms with Crippen LogP contribution in [-0.2, 0) is 0 Å². The molecule has 0 spiro atoms. The Morgan fingerprint density at radius 1 is 1.53 bits per heavy atom. The lowest BCUT2D eigenvalue weighted by Crippen LogP contribution is -2.13. The molecule has 4 nitrogen and oxygen atoms in total. The van der Waals surface area contributed by atoms with Crippen molar-refractivity contribution in [2.45, 2.75) is 0 Å². The second-order valence-electron chi connectivity index (χ2n) is 3.19. The normalized spacial score (nSPS) is 9.80. The summed E-state index contributed by atoms with van der Waals surface area (Å²) in [7, 11) is 3.11. The van der Waals surface area contributed by atoms with Crippen LogP contribution in [0, 0.1) is 15.9 Å². The molecule has 1 aromatic rings. The third-order valence-electron chi connectivity index (χ3n) is 1.98. The number of halogens is 1. The van der Waals surface area contributed by atoms with Crippen LogP contribution < -0.4 is 4.90 Å². The van der Waals surface area contributed by atoms with E-state index in [9.17, 15) is 14.5 Å². The Balaban J connectivity index is 3.58. The lowest BCUT2D eigenvalue weighted by Gasteiger charge is -2.14. The Hall–Kier alpha value is -1.91. The number of benzene rings is 1. The van der Waals surface area contributed by atoms with Crippen molar-refractivity contribution in [1.29, 1.82) is 0 Å². The average molecular weight is 210 g/mol. The lowest BCUT2D eigenvalue weighted by molar-refractivity contribution is -0.384. The fourth-order valence-corrected chi connectivity index (χ4v) is 1.35. The molecular formula is C10H11FN2O2. The van der Waals surface area contributed by atoms with Crippen LogP contribution in [0.5, 0.6) is 0 Å². The summed E-state index contributed by atoms with van der Waals surface area (Å²) < 4.78 is 13.4. The van der Waals surface area contributed by atoms with Gasteiger partial charge in [-0.3, -0.25) is 10.1 Å². The maximum atomic E-state index is 13.4. The van der Waals surface area contributed by atoms with Crippen LogP contribution >= 0.6 is 0 Å². The number of hydrogen-bond acceptors (Lipinski definition) is 3. The summed E-state index contributed by atoms with van der Waals surface area (Å²) in [5.41, 5.74) is 0.0255. The quantitative estimate of drug-likeness (QED) is 0.568. The average Bonchev–Trinajstić information content (AvgIpc) is 2.16. The fraction of sp³-hybridized carbons (Fsp3) is 0.200. The van der Waals surface area contributed by atoms with Gasteiger partial charge in [-0.05, 0) is 12.1 Å². The fourth-order valence-electron chi connectivity index (χ4n) is 1.35. The lowest BCUT2D eigenvalue weighted by atomic mass is 10.1. The monoisotopic (exact) mass is 210 g/mol. The molecule has 0 N–H and O–H groups in total. The van der Waals surface area contributed by atoms with Gasteiger partial charge in [0.05, 0.1) is 10.5 Å². The zero-order chi connectivity index (χ0) is 11.6. The molecule has 0 saturated carbocycles. The highest BCUT2D eigenvalue weighted by atomic mass is 19.1. The third-order valence-corrected chi connectivity index (χ3v) is 1.98. The topological polar surface area (TPSA) is 46.4 Å². The Bertz CT molecular complexity index is 416. The molecule has 1 rings (SSSR count). The summed E-state index contributed by atoms with van der Waals surface area (Å²) in [6, 6.07) is 2.53. The molecule has 0 bridgehead atoms. The summed E-state index contributed by atoms with van der Waals surface area (Å²) in [4.78, 5) is 11.6. The number of nitro benzene ring substituents is 1. The molecule has 0 heterocycles. The van der Waals surface area contributed by atoms with Gasteiger partial charge in [-0.25, -0.2) is 4.39 Å². The van der Waals surface area contributed by atoms with E-state index in [-0.39, 0.29) is 11.4 Å². The van der Waals surface area contributed by atoms with Crippen molar-refractivity contribution in [3.05, 3.63) is 40.2 Å². The molecule has 5 heteroatoms. The summed E-state index contributed by atoms with van der Waals surface area (Å²) >= 11 is 0. The minimum atomic E-state index is -0.614. The number of rotatable bonds is 3. The Morgan fingerprint density at radius 3 is 2.53 bits per heavy atom. The molecular weight excluding hydrogens is 199 g/mol. The third kappa shape index (κ3) is 1.96. The van der Waals surface area contributed by atoms with Crippen molar-refractivity contribution in [3.63, 3.8) is 0 Å². The number of nitrogens with zero attached hydrogens (tertiary/aromatic N) is 2. The van der Waals surface area contributed by atoms with Crippen molar-refractivity contribution in [3.8, 4) is 0 Å². The first-order chi connectivity index (χ1) is 6.99. The van der Waals surface area contributed by atoms with E-state index < -0.39 is 10.7 Å². The van der Waals surface area contributed by atoms with E-state index in [4.69, 9.17) is 0 Å². The Kier molecular flexibility index (Phi) is 3.04. The van der Waals surface area contributed by atoms with E-state index in [2.05, 4.69) is 6.58 Å². The van der Waals surface area contributed by atoms with E-state index in [0.717, 1.165) is 0 Å². The van der Waals surface area contributed by atoms with Crippen LogP contribution in [0.25, 0.3) is 6.08 Å². The van der Waals surface area contributed by atoms with Gasteiger partial charge in [-0.15, -0.1) is 0 Å². The second kappa shape index (κ2) is 4.08. The van der Waals surface area contributed by atoms with Crippen LogP contribution in [0.3, 0.4) is 0 Å². The van der Waals surface area contributed by atoms with Gasteiger partial charge >= 0.3 is 5.69 Å². The highest BCUT2D eigenvalue weighted by molar-refractivity contribution is 5.74. The van der Waals surface area contributed by atoms with Gasteiger partial charge in [0.15, 0.2) is 11.5 Å². The summed E-state index contributed by atoms with van der Waals surface area (Å²) in [6.07, 6.45) is 1.34. The molecule has 0 aromatic heterocycles. The number of anilines is 1. The Morgan fingerprint density at radius 2 is 2.13 bits per heavy atom. The van der Waals surface area contributed by atoms with E-state index in [1.54, 1.807) is 14.1 Å². The van der Waals surface area contributed by atoms with Crippen LogP contribution in [0.2, 0.25) is 0 Å². The molecule has 1 aromatic carbocycles. The summed E-state index contributed by atoms with van der Waals surface area (Å²) in [6.45, 7) is 3.46. The van der Waals surface area contributed by atoms with Crippen molar-refractivity contribution >= 4 is 17.5 Å². The van der Waals surface area contributed by atoms with Gasteiger partial charge < -0.3 is 4.90 Å². The molecule has 0 aliphatic rings. The summed E-state index contributed by atoms with van der Waals surface area (Å²) in [5.74, 6) is -0.614. The zero-order valence-corrected chi connectivity index (χ0v) is 8.53. The van der Waals surface area contributed by atoms with E-state index in [1.165, 1.54) is 23.1 Å². The minimum absolute atomic E-state index is 0.0302. The standard InChI is InChI=1S/C10H11FN2O2/c1-4-7-5-6-8(11)10(12(2)3)9(7)13(14)15/h4-6H,1H2,2-3H3. The van der Waals surface area contributed by atoms with E-state index in [0.29, 0.717) is 5.56 Å². The SMILES string of the molecule is C=Cc1ccc(F)c(N(C)C)c1[N+](=O)[O-]. The van der Waals surface area contributed by atoms with Gasteiger partial charge in [0, 0.05) is 14.1 Å². The maximum Gasteiger partial charge on any atom is 0.302 e. The number of nitro groups is 1. The van der Waals surface area contributed by atoms with Gasteiger partial charge in [-0.1, -0.05) is 12.7 Å². The van der Waals surface area contributed by atoms with Crippen molar-refractivity contribution in [2.24, 2.45) is 0 Å². The van der Waals surface area contributed by atoms with Gasteiger partial charge in [0.25, 0.3) is 0 Å². The van der Waals surface area contributed by atoms with Crippen molar-refractivity contribution in [2.75, 3.05) is 19.0 Å². The molecule has 0 saturated heterocycles. The van der Waals surface area contributed by atoms with Crippen LogP contribution in [-0.4, -0.2) is 19.0 Å². The van der Waals surface area contributed by atoms with Gasteiger partial charge in [0.1, 0.15) is 0 Å². The summed E-state index contributed by atoms with van der Waals surface area (Å²) in [5, 5.41) is 10.8. The van der Waals surface area contributed by atoms with Gasteiger partial charge in [0.2, 0.25) is 0 Å². The maximum absolute atomic E-state index is 13.4. The number of hydrogen-bond donors (Lipinski definition) is 0. The van der Waals surface area contributed by atoms with Gasteiger partial charge in [-0.2, -0.15) is 0 Å². The predicted octanol–water partition coefficient (Wildman–Crippen LogP) is 2.44. The molecule has 0 aliphatic carbocycles. The minimum Gasteiger partial charge on any atom is -0.370 e. The Labute approximate surface area is 86.8 Å². The first kappa shape index (κ1) is 11.2. The first-order valence-corrected chi connectivity index (χ1v) is 4.25. The highest BCUT2D eigenvalue weighted by Gasteiger charge is 2.23. The predicted molar refractivity (Wildman–Crippen MR) is 57.5 cm³/mol. The van der Waals surface area contributed by atoms with Crippen molar-refractivity contribution in [1.82, 2.24) is 0 Å². The second-order valence-corrected chi connectivity index (χ2v) is 3.19. The first-order valence-electron chi connectivity index (χ1n) is 4.25. The van der Waals surface area contributed by atoms with Crippen LogP contribution in [0.4, 0.5) is 15.8 Å². The molecule has 0 radical (unpaired) electrons. The highest BCUT2D eigenvalue weighted by Crippen LogP contribution is 2.33. The largest absolute Gasteiger partial charge is 0.370 e. The molecule has 0 atom stereocenters. The van der Waals surface area contributed by atoms with E-state index >= 15 is 0 Å². The van der Waals surface area contributed by atoms with Crippen molar-refractivity contribution < 1.29 is 9.31 Å². The zero-order valence-electron chi connectivity index (χ0n) is 8.53. The molecule has 80 valence electrons. The van der Waals surface area contributed by atoms with Crippen LogP contribution in [0.15, 0.2) is 18.7 Å². The molecule has 0 aliphatic heterocycles. The molecule has 0 fully saturated rings. The van der Waals surface area contributed by atoms with E-state index in [1.807, 2.05) is 0 Å². The molecule has 15 heavy (non-hydrogen) atoms. The molecule has 0 unspecified atom stereocenters. The van der Waals surface area contributed by atoms with Crippen LogP contribution in [0.1, 0.15) is 5.56 Å². The smallest absolute Gasteiger partial charge is 0.302 e. The molecule has 0 amide bonds.